The lowest BCUT2D eigenvalue weighted by atomic mass is 9.90. The van der Waals surface area contributed by atoms with Crippen molar-refractivity contribution >= 4 is 5.82 Å². The van der Waals surface area contributed by atoms with Crippen molar-refractivity contribution in [3.8, 4) is 0 Å². The summed E-state index contributed by atoms with van der Waals surface area (Å²) in [7, 11) is 1.71. The quantitative estimate of drug-likeness (QED) is 0.870. The number of methoxy groups -OCH3 is 1. The number of hydrogen-bond donors (Lipinski definition) is 1. The van der Waals surface area contributed by atoms with Crippen LogP contribution in [0.5, 0.6) is 0 Å². The van der Waals surface area contributed by atoms with Gasteiger partial charge in [0.1, 0.15) is 5.82 Å². The zero-order valence-electron chi connectivity index (χ0n) is 13.6. The molecule has 0 amide bonds. The first-order chi connectivity index (χ1) is 9.29. The van der Waals surface area contributed by atoms with Crippen LogP contribution in [0.15, 0.2) is 12.1 Å². The van der Waals surface area contributed by atoms with E-state index in [-0.39, 0.29) is 12.0 Å². The van der Waals surface area contributed by atoms with Crippen molar-refractivity contribution in [3.63, 3.8) is 0 Å². The van der Waals surface area contributed by atoms with E-state index in [2.05, 4.69) is 39.5 Å². The van der Waals surface area contributed by atoms with Gasteiger partial charge in [-0.25, -0.2) is 4.98 Å². The minimum absolute atomic E-state index is 0.0365. The van der Waals surface area contributed by atoms with Gasteiger partial charge in [0, 0.05) is 30.8 Å². The predicted molar refractivity (Wildman–Crippen MR) is 83.2 cm³/mol. The van der Waals surface area contributed by atoms with E-state index in [9.17, 15) is 5.11 Å². The molecule has 0 spiro atoms. The van der Waals surface area contributed by atoms with Crippen LogP contribution in [0.1, 0.15) is 45.9 Å². The standard InChI is InChI=1S/C16H28N2O2/c1-12(2)18(7-8-20-6)15-10-13(11-19)9-14(17-15)16(3,4)5/h9-10,12,19H,7-8,11H2,1-6H3. The van der Waals surface area contributed by atoms with Gasteiger partial charge >= 0.3 is 0 Å². The van der Waals surface area contributed by atoms with Crippen LogP contribution >= 0.6 is 0 Å². The molecule has 1 rings (SSSR count). The summed E-state index contributed by atoms with van der Waals surface area (Å²) >= 11 is 0. The number of aliphatic hydroxyl groups excluding tert-OH is 1. The molecule has 0 saturated carbocycles. The van der Waals surface area contributed by atoms with Crippen molar-refractivity contribution in [1.82, 2.24) is 4.98 Å². The summed E-state index contributed by atoms with van der Waals surface area (Å²) in [6, 6.07) is 4.28. The monoisotopic (exact) mass is 280 g/mol. The van der Waals surface area contributed by atoms with Crippen LogP contribution in [0.4, 0.5) is 5.82 Å². The summed E-state index contributed by atoms with van der Waals surface area (Å²) in [5, 5.41) is 9.48. The van der Waals surface area contributed by atoms with Gasteiger partial charge in [-0.05, 0) is 31.5 Å². The minimum atomic E-state index is -0.0379. The maximum absolute atomic E-state index is 9.48. The lowest BCUT2D eigenvalue weighted by Crippen LogP contribution is -2.35. The molecule has 1 aromatic rings. The Morgan fingerprint density at radius 3 is 2.40 bits per heavy atom. The van der Waals surface area contributed by atoms with Gasteiger partial charge in [0.2, 0.25) is 0 Å². The van der Waals surface area contributed by atoms with E-state index in [1.807, 2.05) is 12.1 Å². The van der Waals surface area contributed by atoms with Crippen LogP contribution in [0.25, 0.3) is 0 Å². The topological polar surface area (TPSA) is 45.6 Å². The average Bonchev–Trinajstić information content (AvgIpc) is 2.37. The molecule has 1 heterocycles. The van der Waals surface area contributed by atoms with Crippen LogP contribution in [-0.4, -0.2) is 36.4 Å². The van der Waals surface area contributed by atoms with E-state index in [4.69, 9.17) is 9.72 Å². The molecule has 0 aliphatic rings. The van der Waals surface area contributed by atoms with Crippen LogP contribution in [0, 0.1) is 0 Å². The Morgan fingerprint density at radius 1 is 1.30 bits per heavy atom. The van der Waals surface area contributed by atoms with E-state index in [1.54, 1.807) is 7.11 Å². The number of aromatic nitrogens is 1. The van der Waals surface area contributed by atoms with Crippen molar-refractivity contribution in [2.45, 2.75) is 52.7 Å². The maximum Gasteiger partial charge on any atom is 0.129 e. The van der Waals surface area contributed by atoms with Crippen molar-refractivity contribution in [3.05, 3.63) is 23.4 Å². The Hall–Kier alpha value is -1.13. The van der Waals surface area contributed by atoms with E-state index in [1.165, 1.54) is 0 Å². The summed E-state index contributed by atoms with van der Waals surface area (Å²) in [4.78, 5) is 6.99. The van der Waals surface area contributed by atoms with Crippen LogP contribution < -0.4 is 4.90 Å². The average molecular weight is 280 g/mol. The third-order valence-corrected chi connectivity index (χ3v) is 3.28. The van der Waals surface area contributed by atoms with E-state index in [0.717, 1.165) is 23.6 Å². The van der Waals surface area contributed by atoms with Gasteiger partial charge in [-0.3, -0.25) is 0 Å². The van der Waals surface area contributed by atoms with Gasteiger partial charge in [-0.15, -0.1) is 0 Å². The van der Waals surface area contributed by atoms with Crippen LogP contribution in [0.3, 0.4) is 0 Å². The molecule has 0 aromatic carbocycles. The molecular formula is C16H28N2O2. The molecule has 0 bridgehead atoms. The molecule has 0 aliphatic carbocycles. The van der Waals surface area contributed by atoms with Gasteiger partial charge in [0.15, 0.2) is 0 Å². The summed E-state index contributed by atoms with van der Waals surface area (Å²) in [6.45, 7) is 12.2. The summed E-state index contributed by atoms with van der Waals surface area (Å²) < 4.78 is 5.18. The lowest BCUT2D eigenvalue weighted by Gasteiger charge is -2.30. The highest BCUT2D eigenvalue weighted by molar-refractivity contribution is 5.44. The fourth-order valence-corrected chi connectivity index (χ4v) is 2.02. The Labute approximate surface area is 122 Å². The number of ether oxygens (including phenoxy) is 1. The van der Waals surface area contributed by atoms with Gasteiger partial charge in [0.05, 0.1) is 13.2 Å². The molecule has 0 fully saturated rings. The molecule has 20 heavy (non-hydrogen) atoms. The van der Waals surface area contributed by atoms with Crippen LogP contribution in [0.2, 0.25) is 0 Å². The first kappa shape index (κ1) is 16.9. The Bertz CT molecular complexity index is 425. The molecule has 114 valence electrons. The molecule has 0 aliphatic heterocycles. The second kappa shape index (κ2) is 7.04. The number of nitrogens with zero attached hydrogens (tertiary/aromatic N) is 2. The smallest absolute Gasteiger partial charge is 0.129 e. The summed E-state index contributed by atoms with van der Waals surface area (Å²) in [6.07, 6.45) is 0. The Morgan fingerprint density at radius 2 is 1.95 bits per heavy atom. The largest absolute Gasteiger partial charge is 0.392 e. The fraction of sp³-hybridized carbons (Fsp3) is 0.688. The highest BCUT2D eigenvalue weighted by atomic mass is 16.5. The fourth-order valence-electron chi connectivity index (χ4n) is 2.02. The minimum Gasteiger partial charge on any atom is -0.392 e. The van der Waals surface area contributed by atoms with Crippen molar-refractivity contribution in [2.24, 2.45) is 0 Å². The van der Waals surface area contributed by atoms with Crippen molar-refractivity contribution in [1.29, 1.82) is 0 Å². The molecule has 0 radical (unpaired) electrons. The molecule has 1 aromatic heterocycles. The van der Waals surface area contributed by atoms with Gasteiger partial charge in [-0.2, -0.15) is 0 Å². The molecule has 0 unspecified atom stereocenters. The number of pyridine rings is 1. The zero-order valence-corrected chi connectivity index (χ0v) is 13.6. The number of hydrogen-bond acceptors (Lipinski definition) is 4. The van der Waals surface area contributed by atoms with E-state index in [0.29, 0.717) is 12.6 Å². The second-order valence-corrected chi connectivity index (χ2v) is 6.41. The van der Waals surface area contributed by atoms with Crippen molar-refractivity contribution < 1.29 is 9.84 Å². The molecule has 0 atom stereocenters. The third-order valence-electron chi connectivity index (χ3n) is 3.28. The summed E-state index contributed by atoms with van der Waals surface area (Å²) in [5.41, 5.74) is 1.87. The second-order valence-electron chi connectivity index (χ2n) is 6.41. The molecule has 0 saturated heterocycles. The normalized spacial score (nSPS) is 12.0. The molecular weight excluding hydrogens is 252 g/mol. The van der Waals surface area contributed by atoms with Crippen LogP contribution in [-0.2, 0) is 16.8 Å². The number of anilines is 1. The Balaban J connectivity index is 3.19. The number of aliphatic hydroxyl groups is 1. The van der Waals surface area contributed by atoms with Gasteiger partial charge < -0.3 is 14.7 Å². The third kappa shape index (κ3) is 4.46. The predicted octanol–water partition coefficient (Wildman–Crippen LogP) is 2.73. The zero-order chi connectivity index (χ0) is 15.3. The van der Waals surface area contributed by atoms with Crippen molar-refractivity contribution in [2.75, 3.05) is 25.2 Å². The number of rotatable bonds is 6. The molecule has 4 nitrogen and oxygen atoms in total. The molecule has 1 N–H and O–H groups in total. The van der Waals surface area contributed by atoms with Gasteiger partial charge in [-0.1, -0.05) is 20.8 Å². The van der Waals surface area contributed by atoms with E-state index >= 15 is 0 Å². The van der Waals surface area contributed by atoms with E-state index < -0.39 is 0 Å². The highest BCUT2D eigenvalue weighted by Gasteiger charge is 2.20. The summed E-state index contributed by atoms with van der Waals surface area (Å²) in [5.74, 6) is 0.911. The maximum atomic E-state index is 9.48. The SMILES string of the molecule is COCCN(c1cc(CO)cc(C(C)(C)C)n1)C(C)C. The first-order valence-electron chi connectivity index (χ1n) is 7.17. The lowest BCUT2D eigenvalue weighted by molar-refractivity contribution is 0.203. The first-order valence-corrected chi connectivity index (χ1v) is 7.17. The molecule has 4 heteroatoms. The van der Waals surface area contributed by atoms with Gasteiger partial charge in [0.25, 0.3) is 0 Å². The Kier molecular flexibility index (Phi) is 5.96. The highest BCUT2D eigenvalue weighted by Crippen LogP contribution is 2.25.